The number of carbonyl (C=O) groups is 1. The fourth-order valence-corrected chi connectivity index (χ4v) is 2.39. The van der Waals surface area contributed by atoms with Crippen LogP contribution in [0.25, 0.3) is 0 Å². The van der Waals surface area contributed by atoms with Crippen molar-refractivity contribution in [1.82, 2.24) is 0 Å². The Hall–Kier alpha value is -2.29. The van der Waals surface area contributed by atoms with Crippen molar-refractivity contribution in [1.29, 1.82) is 0 Å². The van der Waals surface area contributed by atoms with Gasteiger partial charge in [0.1, 0.15) is 5.75 Å². The second kappa shape index (κ2) is 7.12. The maximum atomic E-state index is 12.5. The molecule has 0 saturated carbocycles. The monoisotopic (exact) mass is 297 g/mol. The number of hydrogen-bond acceptors (Lipinski definition) is 2. The van der Waals surface area contributed by atoms with Crippen LogP contribution in [0.4, 0.5) is 5.69 Å². The smallest absolute Gasteiger partial charge is 0.265 e. The third-order valence-corrected chi connectivity index (χ3v) is 3.66. The van der Waals surface area contributed by atoms with Crippen molar-refractivity contribution in [2.24, 2.45) is 0 Å². The number of amides is 1. The second-order valence-corrected chi connectivity index (χ2v) is 5.59. The van der Waals surface area contributed by atoms with Crippen molar-refractivity contribution in [3.63, 3.8) is 0 Å². The first-order chi connectivity index (χ1) is 10.5. The molecule has 0 saturated heterocycles. The molecule has 22 heavy (non-hydrogen) atoms. The van der Waals surface area contributed by atoms with Crippen molar-refractivity contribution < 1.29 is 9.53 Å². The molecule has 0 fully saturated rings. The summed E-state index contributed by atoms with van der Waals surface area (Å²) in [5.41, 5.74) is 4.10. The molecule has 1 amide bonds. The van der Waals surface area contributed by atoms with E-state index in [0.29, 0.717) is 6.42 Å². The van der Waals surface area contributed by atoms with Gasteiger partial charge in [0.15, 0.2) is 6.10 Å². The van der Waals surface area contributed by atoms with E-state index in [4.69, 9.17) is 4.74 Å². The molecule has 2 rings (SSSR count). The molecular weight excluding hydrogens is 274 g/mol. The molecule has 1 N–H and O–H groups in total. The van der Waals surface area contributed by atoms with Crippen LogP contribution in [-0.2, 0) is 4.79 Å². The Morgan fingerprint density at radius 2 is 1.73 bits per heavy atom. The number of rotatable bonds is 5. The van der Waals surface area contributed by atoms with Crippen LogP contribution in [0, 0.1) is 20.8 Å². The molecule has 0 aliphatic heterocycles. The molecule has 0 bridgehead atoms. The van der Waals surface area contributed by atoms with Crippen molar-refractivity contribution >= 4 is 11.6 Å². The maximum absolute atomic E-state index is 12.5. The highest BCUT2D eigenvalue weighted by Crippen LogP contribution is 2.21. The molecule has 0 radical (unpaired) electrons. The van der Waals surface area contributed by atoms with E-state index in [1.54, 1.807) is 0 Å². The molecule has 0 spiro atoms. The Labute approximate surface area is 132 Å². The Kier molecular flexibility index (Phi) is 5.21. The van der Waals surface area contributed by atoms with Gasteiger partial charge in [0, 0.05) is 5.69 Å². The predicted octanol–water partition coefficient (Wildman–Crippen LogP) is 4.41. The molecule has 1 unspecified atom stereocenters. The maximum Gasteiger partial charge on any atom is 0.265 e. The summed E-state index contributed by atoms with van der Waals surface area (Å²) in [6.07, 6.45) is 0.117. The number of nitrogens with one attached hydrogen (secondary N) is 1. The first-order valence-corrected chi connectivity index (χ1v) is 7.61. The van der Waals surface area contributed by atoms with Crippen LogP contribution in [0.5, 0.6) is 5.75 Å². The van der Waals surface area contributed by atoms with Gasteiger partial charge in [-0.2, -0.15) is 0 Å². The quantitative estimate of drug-likeness (QED) is 0.888. The first-order valence-electron chi connectivity index (χ1n) is 7.61. The Balaban J connectivity index is 2.12. The Morgan fingerprint density at radius 1 is 1.09 bits per heavy atom. The number of aryl methyl sites for hydroxylation is 3. The fraction of sp³-hybridized carbons (Fsp3) is 0.316. The Bertz CT molecular complexity index is 644. The van der Waals surface area contributed by atoms with Gasteiger partial charge in [0.05, 0.1) is 0 Å². The molecule has 116 valence electrons. The van der Waals surface area contributed by atoms with Crippen LogP contribution in [0.15, 0.2) is 42.5 Å². The summed E-state index contributed by atoms with van der Waals surface area (Å²) in [7, 11) is 0. The highest BCUT2D eigenvalue weighted by Gasteiger charge is 2.19. The largest absolute Gasteiger partial charge is 0.481 e. The lowest BCUT2D eigenvalue weighted by Gasteiger charge is -2.19. The first kappa shape index (κ1) is 16.1. The summed E-state index contributed by atoms with van der Waals surface area (Å²) < 4.78 is 5.85. The SMILES string of the molecule is CCC(Oc1cccc(C)c1)C(=O)Nc1c(C)cccc1C. The normalized spacial score (nSPS) is 11.8. The van der Waals surface area contributed by atoms with Gasteiger partial charge in [-0.25, -0.2) is 0 Å². The molecular formula is C19H23NO2. The molecule has 0 aliphatic carbocycles. The van der Waals surface area contributed by atoms with Crippen LogP contribution in [0.1, 0.15) is 30.0 Å². The topological polar surface area (TPSA) is 38.3 Å². The molecule has 0 aliphatic rings. The van der Waals surface area contributed by atoms with Gasteiger partial charge in [0.2, 0.25) is 0 Å². The van der Waals surface area contributed by atoms with Gasteiger partial charge in [-0.1, -0.05) is 37.3 Å². The van der Waals surface area contributed by atoms with Crippen molar-refractivity contribution in [2.75, 3.05) is 5.32 Å². The minimum absolute atomic E-state index is 0.110. The third-order valence-electron chi connectivity index (χ3n) is 3.66. The van der Waals surface area contributed by atoms with E-state index in [1.165, 1.54) is 0 Å². The lowest BCUT2D eigenvalue weighted by molar-refractivity contribution is -0.122. The highest BCUT2D eigenvalue weighted by molar-refractivity contribution is 5.95. The van der Waals surface area contributed by atoms with Gasteiger partial charge in [-0.05, 0) is 56.0 Å². The zero-order valence-electron chi connectivity index (χ0n) is 13.6. The molecule has 2 aromatic rings. The van der Waals surface area contributed by atoms with E-state index in [0.717, 1.165) is 28.1 Å². The summed E-state index contributed by atoms with van der Waals surface area (Å²) in [6, 6.07) is 13.7. The molecule has 2 aromatic carbocycles. The zero-order chi connectivity index (χ0) is 16.1. The van der Waals surface area contributed by atoms with Crippen molar-refractivity contribution in [2.45, 2.75) is 40.2 Å². The van der Waals surface area contributed by atoms with Gasteiger partial charge < -0.3 is 10.1 Å². The summed E-state index contributed by atoms with van der Waals surface area (Å²) in [6.45, 7) is 7.94. The van der Waals surface area contributed by atoms with Crippen LogP contribution >= 0.6 is 0 Å². The molecule has 0 heterocycles. The minimum Gasteiger partial charge on any atom is -0.481 e. The second-order valence-electron chi connectivity index (χ2n) is 5.59. The van der Waals surface area contributed by atoms with Crippen LogP contribution in [-0.4, -0.2) is 12.0 Å². The number of carbonyl (C=O) groups excluding carboxylic acids is 1. The van der Waals surface area contributed by atoms with Gasteiger partial charge in [0.25, 0.3) is 5.91 Å². The summed E-state index contributed by atoms with van der Waals surface area (Å²) in [5.74, 6) is 0.616. The number of benzene rings is 2. The van der Waals surface area contributed by atoms with Crippen LogP contribution in [0.2, 0.25) is 0 Å². The summed E-state index contributed by atoms with van der Waals surface area (Å²) in [4.78, 5) is 12.5. The number of anilines is 1. The summed E-state index contributed by atoms with van der Waals surface area (Å²) in [5, 5.41) is 3.00. The van der Waals surface area contributed by atoms with Gasteiger partial charge in [-0.15, -0.1) is 0 Å². The minimum atomic E-state index is -0.499. The van der Waals surface area contributed by atoms with Gasteiger partial charge in [-0.3, -0.25) is 4.79 Å². The molecule has 1 atom stereocenters. The van der Waals surface area contributed by atoms with E-state index in [9.17, 15) is 4.79 Å². The average Bonchev–Trinajstić information content (AvgIpc) is 2.48. The van der Waals surface area contributed by atoms with Gasteiger partial charge >= 0.3 is 0 Å². The van der Waals surface area contributed by atoms with E-state index in [2.05, 4.69) is 5.32 Å². The van der Waals surface area contributed by atoms with Crippen LogP contribution < -0.4 is 10.1 Å². The molecule has 0 aromatic heterocycles. The third kappa shape index (κ3) is 3.88. The lowest BCUT2D eigenvalue weighted by atomic mass is 10.1. The van der Waals surface area contributed by atoms with E-state index < -0.39 is 6.10 Å². The standard InChI is InChI=1S/C19H23NO2/c1-5-17(22-16-11-6-8-13(2)12-16)19(21)20-18-14(3)9-7-10-15(18)4/h6-12,17H,5H2,1-4H3,(H,20,21). The number of hydrogen-bond donors (Lipinski definition) is 1. The Morgan fingerprint density at radius 3 is 2.32 bits per heavy atom. The summed E-state index contributed by atoms with van der Waals surface area (Å²) >= 11 is 0. The zero-order valence-corrected chi connectivity index (χ0v) is 13.6. The van der Waals surface area contributed by atoms with E-state index >= 15 is 0 Å². The number of para-hydroxylation sites is 1. The predicted molar refractivity (Wildman–Crippen MR) is 90.4 cm³/mol. The lowest BCUT2D eigenvalue weighted by Crippen LogP contribution is -2.32. The van der Waals surface area contributed by atoms with E-state index in [-0.39, 0.29) is 5.91 Å². The molecule has 3 heteroatoms. The van der Waals surface area contributed by atoms with Crippen molar-refractivity contribution in [3.8, 4) is 5.75 Å². The fourth-order valence-electron chi connectivity index (χ4n) is 2.39. The average molecular weight is 297 g/mol. The van der Waals surface area contributed by atoms with Crippen LogP contribution in [0.3, 0.4) is 0 Å². The highest BCUT2D eigenvalue weighted by atomic mass is 16.5. The number of ether oxygens (including phenoxy) is 1. The van der Waals surface area contributed by atoms with E-state index in [1.807, 2.05) is 70.2 Å². The van der Waals surface area contributed by atoms with Crippen molar-refractivity contribution in [3.05, 3.63) is 59.2 Å². The molecule has 3 nitrogen and oxygen atoms in total.